The van der Waals surface area contributed by atoms with E-state index in [-0.39, 0.29) is 58.5 Å². The third-order valence-corrected chi connectivity index (χ3v) is 8.62. The number of halogens is 4. The van der Waals surface area contributed by atoms with Crippen molar-refractivity contribution in [3.63, 3.8) is 0 Å². The number of Topliss-reactive ketones (excluding diaryl/α,β-unsaturated/α-hetero) is 1. The number of anilines is 1. The fourth-order valence-corrected chi connectivity index (χ4v) is 5.85. The molecule has 2 N–H and O–H groups in total. The molecular formula is C36H32F4N4O4. The number of ketones is 1. The van der Waals surface area contributed by atoms with E-state index >= 15 is 0 Å². The van der Waals surface area contributed by atoms with Gasteiger partial charge in [0.2, 0.25) is 5.91 Å². The lowest BCUT2D eigenvalue weighted by atomic mass is 9.83. The predicted molar refractivity (Wildman–Crippen MR) is 171 cm³/mol. The molecule has 3 aromatic rings. The monoisotopic (exact) mass is 660 g/mol. The number of hydrogen-bond acceptors (Lipinski definition) is 4. The number of piperazine rings is 1. The number of hydrogen-bond donors (Lipinski definition) is 2. The van der Waals surface area contributed by atoms with Crippen LogP contribution in [0.25, 0.3) is 12.2 Å². The summed E-state index contributed by atoms with van der Waals surface area (Å²) in [7, 11) is 0. The highest BCUT2D eigenvalue weighted by Gasteiger charge is 2.35. The number of nitrogens with zero attached hydrogens (tertiary/aromatic N) is 2. The molecule has 3 aromatic carbocycles. The zero-order valence-corrected chi connectivity index (χ0v) is 25.8. The van der Waals surface area contributed by atoms with E-state index in [9.17, 15) is 36.7 Å². The maximum absolute atomic E-state index is 13.9. The van der Waals surface area contributed by atoms with Crippen molar-refractivity contribution in [1.82, 2.24) is 15.1 Å². The number of nitrogens with one attached hydrogen (secondary N) is 2. The first kappa shape index (κ1) is 32.7. The second kappa shape index (κ2) is 13.8. The summed E-state index contributed by atoms with van der Waals surface area (Å²) in [5.74, 6) is -4.83. The molecule has 0 radical (unpaired) electrons. The Labute approximate surface area is 274 Å². The van der Waals surface area contributed by atoms with Gasteiger partial charge in [0.15, 0.2) is 29.1 Å². The molecule has 0 atom stereocenters. The van der Waals surface area contributed by atoms with Gasteiger partial charge in [0.25, 0.3) is 5.91 Å². The second-order valence-electron chi connectivity index (χ2n) is 12.2. The molecule has 0 unspecified atom stereocenters. The minimum absolute atomic E-state index is 0.0757. The van der Waals surface area contributed by atoms with Crippen LogP contribution in [0, 0.1) is 29.2 Å². The Hall–Kier alpha value is -5.26. The van der Waals surface area contributed by atoms with Crippen molar-refractivity contribution in [2.24, 2.45) is 5.92 Å². The van der Waals surface area contributed by atoms with Gasteiger partial charge in [0.1, 0.15) is 0 Å². The van der Waals surface area contributed by atoms with E-state index < -0.39 is 41.0 Å². The Kier molecular flexibility index (Phi) is 9.42. The average molecular weight is 661 g/mol. The van der Waals surface area contributed by atoms with Crippen LogP contribution in [0.15, 0.2) is 71.8 Å². The molecule has 3 aliphatic rings. The zero-order valence-electron chi connectivity index (χ0n) is 25.8. The molecule has 12 heteroatoms. The maximum Gasteiger partial charge on any atom is 0.321 e. The summed E-state index contributed by atoms with van der Waals surface area (Å²) in [5, 5.41) is 5.71. The molecule has 1 saturated heterocycles. The number of amides is 4. The van der Waals surface area contributed by atoms with Crippen molar-refractivity contribution in [2.75, 3.05) is 31.5 Å². The number of rotatable bonds is 6. The molecule has 1 heterocycles. The van der Waals surface area contributed by atoms with Crippen LogP contribution in [0.1, 0.15) is 47.2 Å². The molecule has 3 fully saturated rings. The first-order valence-electron chi connectivity index (χ1n) is 15.7. The molecule has 0 aromatic heterocycles. The van der Waals surface area contributed by atoms with E-state index in [4.69, 9.17) is 0 Å². The third-order valence-electron chi connectivity index (χ3n) is 8.62. The van der Waals surface area contributed by atoms with Crippen LogP contribution < -0.4 is 10.6 Å². The Morgan fingerprint density at radius 2 is 1.21 bits per heavy atom. The van der Waals surface area contributed by atoms with Gasteiger partial charge in [-0.2, -0.15) is 0 Å². The quantitative estimate of drug-likeness (QED) is 0.252. The molecule has 6 rings (SSSR count). The van der Waals surface area contributed by atoms with Crippen LogP contribution in [-0.4, -0.2) is 65.6 Å². The summed E-state index contributed by atoms with van der Waals surface area (Å²) >= 11 is 0. The molecule has 0 spiro atoms. The Morgan fingerprint density at radius 1 is 0.688 bits per heavy atom. The summed E-state index contributed by atoms with van der Waals surface area (Å²) in [6.45, 7) is 1.83. The molecular weight excluding hydrogens is 628 g/mol. The summed E-state index contributed by atoms with van der Waals surface area (Å²) in [6, 6.07) is 11.8. The van der Waals surface area contributed by atoms with Crippen molar-refractivity contribution >= 4 is 41.5 Å². The van der Waals surface area contributed by atoms with Crippen LogP contribution >= 0.6 is 0 Å². The van der Waals surface area contributed by atoms with Crippen molar-refractivity contribution in [3.05, 3.63) is 112 Å². The van der Waals surface area contributed by atoms with Crippen LogP contribution in [0.5, 0.6) is 0 Å². The standard InChI is InChI=1S/C36H32F4N4O4/c37-29-9-1-21(17-31(29)39)15-25-19-28(20-26(33(25)45)16-22-2-10-30(38)32(40)18-22)41-34(46)23-5-7-27(8-6-23)42-36(48)44-13-11-43(12-14-44)35(47)24-3-4-24/h1-2,5-10,15-18,24,28H,3-4,11-14,19-20H2,(H,41,46)(H,42,48)/b25-15+,26-16+. The van der Waals surface area contributed by atoms with Gasteiger partial charge < -0.3 is 20.4 Å². The summed E-state index contributed by atoms with van der Waals surface area (Å²) in [4.78, 5) is 55.2. The minimum atomic E-state index is -1.09. The smallest absolute Gasteiger partial charge is 0.321 e. The first-order valence-corrected chi connectivity index (χ1v) is 15.7. The number of carbonyl (C=O) groups excluding carboxylic acids is 4. The van der Waals surface area contributed by atoms with E-state index in [1.165, 1.54) is 24.3 Å². The van der Waals surface area contributed by atoms with Crippen molar-refractivity contribution in [2.45, 2.75) is 31.7 Å². The van der Waals surface area contributed by atoms with E-state index in [1.54, 1.807) is 34.1 Å². The van der Waals surface area contributed by atoms with Gasteiger partial charge in [0, 0.05) is 60.5 Å². The molecule has 8 nitrogen and oxygen atoms in total. The summed E-state index contributed by atoms with van der Waals surface area (Å²) in [6.07, 6.45) is 4.83. The molecule has 4 amide bonds. The summed E-state index contributed by atoms with van der Waals surface area (Å²) in [5.41, 5.74) is 1.66. The molecule has 248 valence electrons. The largest absolute Gasteiger partial charge is 0.349 e. The fourth-order valence-electron chi connectivity index (χ4n) is 5.85. The Balaban J connectivity index is 1.13. The molecule has 0 bridgehead atoms. The predicted octanol–water partition coefficient (Wildman–Crippen LogP) is 5.96. The molecule has 2 aliphatic carbocycles. The van der Waals surface area contributed by atoms with Crippen LogP contribution in [0.4, 0.5) is 28.0 Å². The third kappa shape index (κ3) is 7.64. The van der Waals surface area contributed by atoms with Crippen LogP contribution in [-0.2, 0) is 9.59 Å². The van der Waals surface area contributed by atoms with Crippen LogP contribution in [0.2, 0.25) is 0 Å². The van der Waals surface area contributed by atoms with Crippen molar-refractivity contribution in [1.29, 1.82) is 0 Å². The lowest BCUT2D eigenvalue weighted by Crippen LogP contribution is -2.52. The highest BCUT2D eigenvalue weighted by atomic mass is 19.2. The van der Waals surface area contributed by atoms with Gasteiger partial charge in [-0.25, -0.2) is 22.4 Å². The zero-order chi connectivity index (χ0) is 33.9. The Bertz CT molecular complexity index is 1760. The highest BCUT2D eigenvalue weighted by molar-refractivity contribution is 6.14. The fraction of sp³-hybridized carbons (Fsp3) is 0.278. The van der Waals surface area contributed by atoms with Gasteiger partial charge >= 0.3 is 6.03 Å². The maximum atomic E-state index is 13.9. The van der Waals surface area contributed by atoms with Gasteiger partial charge in [-0.3, -0.25) is 14.4 Å². The molecule has 2 saturated carbocycles. The lowest BCUT2D eigenvalue weighted by molar-refractivity contribution is -0.133. The van der Waals surface area contributed by atoms with E-state index in [0.29, 0.717) is 31.9 Å². The SMILES string of the molecule is O=C1/C(=C/c2ccc(F)c(F)c2)CC(NC(=O)c2ccc(NC(=O)N3CCN(C(=O)C4CC4)CC3)cc2)C/C1=C\c1ccc(F)c(F)c1. The normalized spacial score (nSPS) is 19.8. The Morgan fingerprint density at radius 3 is 1.71 bits per heavy atom. The van der Waals surface area contributed by atoms with Gasteiger partial charge in [0.05, 0.1) is 0 Å². The lowest BCUT2D eigenvalue weighted by Gasteiger charge is -2.34. The first-order chi connectivity index (χ1) is 23.0. The topological polar surface area (TPSA) is 98.8 Å². The summed E-state index contributed by atoms with van der Waals surface area (Å²) < 4.78 is 54.8. The minimum Gasteiger partial charge on any atom is -0.349 e. The second-order valence-corrected chi connectivity index (χ2v) is 12.2. The van der Waals surface area contributed by atoms with E-state index in [0.717, 1.165) is 37.1 Å². The van der Waals surface area contributed by atoms with Gasteiger partial charge in [-0.05, 0) is 97.5 Å². The van der Waals surface area contributed by atoms with E-state index in [1.807, 2.05) is 0 Å². The van der Waals surface area contributed by atoms with Gasteiger partial charge in [-0.15, -0.1) is 0 Å². The number of benzene rings is 3. The number of carbonyl (C=O) groups is 4. The van der Waals surface area contributed by atoms with Crippen LogP contribution in [0.3, 0.4) is 0 Å². The van der Waals surface area contributed by atoms with Crippen molar-refractivity contribution < 1.29 is 36.7 Å². The molecule has 1 aliphatic heterocycles. The van der Waals surface area contributed by atoms with Gasteiger partial charge in [-0.1, -0.05) is 12.1 Å². The highest BCUT2D eigenvalue weighted by Crippen LogP contribution is 2.32. The van der Waals surface area contributed by atoms with E-state index in [2.05, 4.69) is 10.6 Å². The molecule has 48 heavy (non-hydrogen) atoms. The average Bonchev–Trinajstić information content (AvgIpc) is 3.92. The van der Waals surface area contributed by atoms with Crippen molar-refractivity contribution in [3.8, 4) is 0 Å². The number of urea groups is 1.